The first-order valence-electron chi connectivity index (χ1n) is 42.3. The van der Waals surface area contributed by atoms with Crippen LogP contribution in [0.3, 0.4) is 0 Å². The number of aromatic hydroxyl groups is 1. The largest absolute Gasteiger partial charge is 0.508 e. The average Bonchev–Trinajstić information content (AvgIpc) is 1.62. The Morgan fingerprint density at radius 1 is 0.356 bits per heavy atom. The van der Waals surface area contributed by atoms with Gasteiger partial charge in [0.2, 0.25) is 5.91 Å². The highest BCUT2D eigenvalue weighted by molar-refractivity contribution is 9.69. The van der Waals surface area contributed by atoms with Crippen LogP contribution in [-0.4, -0.2) is 121 Å². The van der Waals surface area contributed by atoms with Gasteiger partial charge in [-0.15, -0.1) is 47.3 Å². The number of phenolic OH excluding ortho intramolecular Hbond substituents is 1. The van der Waals surface area contributed by atoms with Crippen LogP contribution in [0.15, 0.2) is 311 Å². The maximum Gasteiger partial charge on any atom is 0.369 e. The minimum absolute atomic E-state index is 0.0557. The average molecular weight is 2070 g/mol. The highest BCUT2D eigenvalue weighted by atomic mass is 79.9. The highest BCUT2D eigenvalue weighted by Gasteiger charge is 2.36. The van der Waals surface area contributed by atoms with Gasteiger partial charge in [0, 0.05) is 114 Å². The molecule has 132 heavy (non-hydrogen) atoms. The summed E-state index contributed by atoms with van der Waals surface area (Å²) in [6.07, 6.45) is 3.69. The number of ether oxygens (including phenoxy) is 4. The molecule has 672 valence electrons. The quantitative estimate of drug-likeness (QED) is 0.0698. The summed E-state index contributed by atoms with van der Waals surface area (Å²) in [6.45, 7) is 4.65. The minimum atomic E-state index is -0.644. The van der Waals surface area contributed by atoms with E-state index in [9.17, 15) is 24.3 Å². The van der Waals surface area contributed by atoms with E-state index >= 15 is 0 Å². The van der Waals surface area contributed by atoms with Gasteiger partial charge in [0.15, 0.2) is 0 Å². The number of aryl methyl sites for hydroxylation is 2. The Hall–Kier alpha value is -11.3. The van der Waals surface area contributed by atoms with Crippen molar-refractivity contribution < 1.29 is 43.2 Å². The van der Waals surface area contributed by atoms with Crippen molar-refractivity contribution in [1.82, 2.24) is 0 Å². The number of benzene rings is 13. The van der Waals surface area contributed by atoms with Crippen LogP contribution in [0, 0.1) is 0 Å². The van der Waals surface area contributed by atoms with E-state index in [1.165, 1.54) is 11.1 Å². The molecule has 13 aromatic rings. The molecular formula is C105H92BBr3Cl6N8O9. The summed E-state index contributed by atoms with van der Waals surface area (Å²) < 4.78 is 21.5. The predicted molar refractivity (Wildman–Crippen MR) is 552 cm³/mol. The fraction of sp³-hybridized carbons (Fsp3) is 0.181. The smallest absolute Gasteiger partial charge is 0.369 e. The number of carbonyl (C=O) groups is 4. The molecule has 13 aromatic carbocycles. The Labute approximate surface area is 824 Å². The molecule has 4 heterocycles. The zero-order valence-electron chi connectivity index (χ0n) is 73.3. The fourth-order valence-electron chi connectivity index (χ4n) is 15.6. The third-order valence-corrected chi connectivity index (χ3v) is 24.2. The fourth-order valence-corrected chi connectivity index (χ4v) is 16.7. The number of amides is 4. The number of methoxy groups -OCH3 is 4. The number of hydrogen-bond acceptors (Lipinski definition) is 13. The lowest BCUT2D eigenvalue weighted by atomic mass is 9.99. The summed E-state index contributed by atoms with van der Waals surface area (Å²) in [5.41, 5.74) is 19.9. The molecule has 0 bridgehead atoms. The molecule has 4 aliphatic heterocycles. The molecule has 0 aromatic heterocycles. The van der Waals surface area contributed by atoms with E-state index in [-0.39, 0.29) is 32.6 Å². The summed E-state index contributed by atoms with van der Waals surface area (Å²) in [7, 11) is 10.1. The summed E-state index contributed by atoms with van der Waals surface area (Å²) in [5.74, 6) is 2.81. The van der Waals surface area contributed by atoms with Crippen molar-refractivity contribution in [1.29, 1.82) is 0 Å². The van der Waals surface area contributed by atoms with Crippen molar-refractivity contribution in [2.24, 2.45) is 20.0 Å². The van der Waals surface area contributed by atoms with Crippen LogP contribution in [-0.2, 0) is 64.2 Å². The van der Waals surface area contributed by atoms with Gasteiger partial charge < -0.3 is 44.1 Å². The minimum Gasteiger partial charge on any atom is -0.508 e. The number of likely N-dealkylation sites (N-methyl/N-ethyl adjacent to an activating group) is 2. The second-order valence-electron chi connectivity index (χ2n) is 31.0. The Bertz CT molecular complexity index is 6450. The Morgan fingerprint density at radius 2 is 0.682 bits per heavy atom. The molecule has 27 heteroatoms. The van der Waals surface area contributed by atoms with Gasteiger partial charge in [-0.05, 0) is 246 Å². The number of phenols is 1. The van der Waals surface area contributed by atoms with Crippen LogP contribution in [0.2, 0.25) is 30.1 Å². The lowest BCUT2D eigenvalue weighted by molar-refractivity contribution is -0.120. The second kappa shape index (κ2) is 46.4. The Balaban J connectivity index is 0.000000148. The number of anilines is 4. The number of nitrogens with zero attached hydrogens (tertiary/aromatic N) is 7. The normalized spacial score (nSPS) is 15.4. The van der Waals surface area contributed by atoms with Crippen molar-refractivity contribution in [3.63, 3.8) is 0 Å². The third kappa shape index (κ3) is 24.9. The molecule has 4 atom stereocenters. The van der Waals surface area contributed by atoms with Crippen LogP contribution < -0.4 is 39.0 Å². The van der Waals surface area contributed by atoms with E-state index in [2.05, 4.69) is 96.8 Å². The lowest BCUT2D eigenvalue weighted by Crippen LogP contribution is -2.38. The molecule has 0 aliphatic carbocycles. The maximum atomic E-state index is 14.3. The lowest BCUT2D eigenvalue weighted by Gasteiger charge is -2.26. The molecule has 0 radical (unpaired) electrons. The number of carbonyl (C=O) groups excluding carboxylic acids is 4. The van der Waals surface area contributed by atoms with Crippen LogP contribution in [0.1, 0.15) is 97.3 Å². The van der Waals surface area contributed by atoms with Gasteiger partial charge in [-0.3, -0.25) is 39.1 Å². The van der Waals surface area contributed by atoms with Crippen LogP contribution in [0.4, 0.5) is 22.7 Å². The van der Waals surface area contributed by atoms with Gasteiger partial charge in [0.05, 0.1) is 80.6 Å². The Morgan fingerprint density at radius 3 is 1.08 bits per heavy atom. The van der Waals surface area contributed by atoms with Crippen LogP contribution in [0.5, 0.6) is 28.7 Å². The topological polar surface area (TPSA) is 197 Å². The molecule has 0 saturated carbocycles. The molecule has 4 amide bonds. The number of hydrogen-bond donors (Lipinski definition) is 2. The molecule has 0 fully saturated rings. The number of aliphatic imine (C=N–C) groups is 4. The maximum absolute atomic E-state index is 14.3. The van der Waals surface area contributed by atoms with Gasteiger partial charge in [-0.25, -0.2) is 0 Å². The monoisotopic (exact) mass is 2070 g/mol. The number of nitrogens with one attached hydrogen (secondary N) is 1. The first-order chi connectivity index (χ1) is 63.7. The van der Waals surface area contributed by atoms with Crippen LogP contribution in [0.25, 0.3) is 0 Å². The standard InChI is InChI=1S/C33H31ClN2O3.C25H23ClN2O2.C24H20Cl2N2O2.C23H18Cl2N2O2.BBr3/c1-4-22-6-5-7-24(18-22)19-30-33(37)36(21-23-8-13-27(38-2)14-9-23)31-17-12-26(34)20-29(31)32(35-30)25-10-15-28(39-3)16-11-25;1-3-16-5-4-6-17(13-16)14-23-25(29)28-22-12-9-19(26)15-21(22)24(27-23)18-7-10-20(30-2)11-8-18;1-28-22-12-9-17(25)14-19(22)23(15-7-10-18(30-2)11-8-15)27-21(24(28)29)13-16-5-3-4-6-20(16)26;1-27-21-11-8-16(24)13-18(21)22(14-6-9-17(28)10-7-14)26-20(23(27)29)12-15-4-2-3-5-19(15)25;2-1(3)4/h5-18,20,30H,4,19,21H2,1-3H3;4-13,15,23H,3,14H2,1-2H3,(H,28,29);3-12,14,21H,13H2,1-2H3;2-11,13,20,28H,12H2,1H3;. The van der Waals surface area contributed by atoms with Gasteiger partial charge in [-0.1, -0.05) is 181 Å². The number of halogens is 9. The summed E-state index contributed by atoms with van der Waals surface area (Å²) >= 11 is 47.4. The third-order valence-electron chi connectivity index (χ3n) is 22.5. The number of benzodiazepines with no additional fused rings is 4. The zero-order chi connectivity index (χ0) is 93.8. The van der Waals surface area contributed by atoms with Crippen molar-refractivity contribution in [3.8, 4) is 28.7 Å². The summed E-state index contributed by atoms with van der Waals surface area (Å²) in [6, 6.07) is 88.9. The zero-order valence-corrected chi connectivity index (χ0v) is 82.6. The second-order valence-corrected chi connectivity index (χ2v) is 40.0. The molecule has 0 spiro atoms. The number of rotatable bonds is 20. The van der Waals surface area contributed by atoms with E-state index in [1.807, 2.05) is 217 Å². The van der Waals surface area contributed by atoms with Crippen molar-refractivity contribution >= 4 is 189 Å². The van der Waals surface area contributed by atoms with E-state index in [1.54, 1.807) is 101 Å². The molecular weight excluding hydrogens is 1980 g/mol. The first kappa shape index (κ1) is 98.2. The van der Waals surface area contributed by atoms with E-state index < -0.39 is 24.2 Å². The van der Waals surface area contributed by atoms with Gasteiger partial charge in [-0.2, -0.15) is 0 Å². The van der Waals surface area contributed by atoms with Crippen molar-refractivity contribution in [3.05, 3.63) is 405 Å². The van der Waals surface area contributed by atoms with E-state index in [4.69, 9.17) is 109 Å². The van der Waals surface area contributed by atoms with Gasteiger partial charge in [0.25, 0.3) is 17.7 Å². The first-order valence-corrected chi connectivity index (χ1v) is 47.3. The van der Waals surface area contributed by atoms with E-state index in [0.717, 1.165) is 137 Å². The molecule has 4 unspecified atom stereocenters. The summed E-state index contributed by atoms with van der Waals surface area (Å²) in [5, 5.41) is 16.3. The van der Waals surface area contributed by atoms with Crippen molar-refractivity contribution in [2.75, 3.05) is 62.6 Å². The van der Waals surface area contributed by atoms with Gasteiger partial charge in [0.1, 0.15) is 52.9 Å². The van der Waals surface area contributed by atoms with Crippen LogP contribution >= 0.6 is 117 Å². The molecule has 17 rings (SSSR count). The van der Waals surface area contributed by atoms with Gasteiger partial charge >= 0.3 is 3.18 Å². The Kier molecular flexibility index (Phi) is 34.5. The number of fused-ring (bicyclic) bond motifs is 4. The van der Waals surface area contributed by atoms with E-state index in [0.29, 0.717) is 79.5 Å². The molecule has 2 N–H and O–H groups in total. The SMILES string of the molecule is BrB(Br)Br.CCc1cccc(CC2N=C(c3ccc(OC)cc3)c3cc(Cl)ccc3N(Cc3ccc(OC)cc3)C2=O)c1.CCc1cccc(CC2N=C(c3ccc(OC)cc3)c3cc(Cl)ccc3NC2=O)c1.CN1C(=O)C(Cc2ccccc2Cl)N=C(c2ccc(O)cc2)c2cc(Cl)ccc21.COc1ccc(C2=NC(Cc3ccccc3Cl)C(=O)N(C)c3ccc(Cl)cc32)cc1. The molecule has 0 saturated heterocycles. The predicted octanol–water partition coefficient (Wildman–Crippen LogP) is 24.9. The highest BCUT2D eigenvalue weighted by Crippen LogP contribution is 2.39. The molecule has 4 aliphatic rings. The van der Waals surface area contributed by atoms with Crippen molar-refractivity contribution in [2.45, 2.75) is 83.1 Å². The molecule has 17 nitrogen and oxygen atoms in total. The summed E-state index contributed by atoms with van der Waals surface area (Å²) in [4.78, 5) is 78.8.